The second-order valence-electron chi connectivity index (χ2n) is 4.16. The van der Waals surface area contributed by atoms with Crippen molar-refractivity contribution in [3.63, 3.8) is 0 Å². The molecule has 1 N–H and O–H groups in total. The van der Waals surface area contributed by atoms with Crippen LogP contribution in [0.2, 0.25) is 0 Å². The summed E-state index contributed by atoms with van der Waals surface area (Å²) in [5.74, 6) is 0.526. The maximum absolute atomic E-state index is 9.58. The normalized spacial score (nSPS) is 18.1. The van der Waals surface area contributed by atoms with Gasteiger partial charge in [0.15, 0.2) is 0 Å². The lowest BCUT2D eigenvalue weighted by atomic mass is 9.98. The third kappa shape index (κ3) is 1.90. The number of aryl methyl sites for hydroxylation is 1. The lowest BCUT2D eigenvalue weighted by molar-refractivity contribution is 0.0299. The van der Waals surface area contributed by atoms with Gasteiger partial charge in [0.1, 0.15) is 11.8 Å². The van der Waals surface area contributed by atoms with Crippen molar-refractivity contribution in [2.24, 2.45) is 0 Å². The number of hydrogen-bond donors (Lipinski definition) is 1. The lowest BCUT2D eigenvalue weighted by Gasteiger charge is -2.44. The predicted molar refractivity (Wildman–Crippen MR) is 54.3 cm³/mol. The summed E-state index contributed by atoms with van der Waals surface area (Å²) in [7, 11) is 0. The van der Waals surface area contributed by atoms with Crippen LogP contribution >= 0.6 is 0 Å². The number of nitriles is 1. The highest BCUT2D eigenvalue weighted by Crippen LogP contribution is 2.24. The van der Waals surface area contributed by atoms with Crippen molar-refractivity contribution in [3.05, 3.63) is 17.5 Å². The summed E-state index contributed by atoms with van der Waals surface area (Å²) in [4.78, 5) is 10.2. The van der Waals surface area contributed by atoms with Gasteiger partial charge in [-0.25, -0.2) is 9.97 Å². The third-order valence-electron chi connectivity index (χ3n) is 2.30. The fourth-order valence-corrected chi connectivity index (χ4v) is 1.67. The second-order valence-corrected chi connectivity index (χ2v) is 4.16. The molecule has 1 aromatic heterocycles. The molecule has 2 rings (SSSR count). The Morgan fingerprint density at radius 1 is 1.53 bits per heavy atom. The van der Waals surface area contributed by atoms with Gasteiger partial charge in [-0.2, -0.15) is 5.26 Å². The van der Waals surface area contributed by atoms with Crippen LogP contribution in [-0.4, -0.2) is 33.8 Å². The number of β-amino-alcohol motifs (C(OH)–C–C–N with tert-alkyl or cyclic N) is 1. The monoisotopic (exact) mass is 204 g/mol. The van der Waals surface area contributed by atoms with E-state index in [1.54, 1.807) is 13.0 Å². The van der Waals surface area contributed by atoms with Gasteiger partial charge in [0.2, 0.25) is 5.95 Å². The molecule has 1 aromatic rings. The molecule has 0 unspecified atom stereocenters. The molecular weight excluding hydrogens is 192 g/mol. The molecule has 5 heteroatoms. The summed E-state index contributed by atoms with van der Waals surface area (Å²) in [6, 6.07) is 3.63. The number of anilines is 1. The van der Waals surface area contributed by atoms with E-state index in [-0.39, 0.29) is 0 Å². The quantitative estimate of drug-likeness (QED) is 0.708. The molecule has 0 spiro atoms. The first-order valence-electron chi connectivity index (χ1n) is 4.73. The van der Waals surface area contributed by atoms with E-state index in [0.29, 0.717) is 24.7 Å². The van der Waals surface area contributed by atoms with Gasteiger partial charge in [0.25, 0.3) is 0 Å². The largest absolute Gasteiger partial charge is 0.386 e. The van der Waals surface area contributed by atoms with Crippen molar-refractivity contribution in [1.82, 2.24) is 9.97 Å². The fraction of sp³-hybridized carbons (Fsp3) is 0.500. The summed E-state index contributed by atoms with van der Waals surface area (Å²) in [6.07, 6.45) is 0. The van der Waals surface area contributed by atoms with Gasteiger partial charge in [-0.15, -0.1) is 0 Å². The van der Waals surface area contributed by atoms with Crippen LogP contribution < -0.4 is 4.90 Å². The van der Waals surface area contributed by atoms with Gasteiger partial charge >= 0.3 is 0 Å². The van der Waals surface area contributed by atoms with Gasteiger partial charge in [0.05, 0.1) is 18.7 Å². The zero-order valence-electron chi connectivity index (χ0n) is 8.73. The second kappa shape index (κ2) is 3.17. The molecule has 1 fully saturated rings. The van der Waals surface area contributed by atoms with Crippen LogP contribution in [0.15, 0.2) is 6.07 Å². The molecule has 0 amide bonds. The molecule has 2 heterocycles. The first kappa shape index (κ1) is 9.87. The van der Waals surface area contributed by atoms with Crippen LogP contribution in [0.1, 0.15) is 18.3 Å². The van der Waals surface area contributed by atoms with Crippen molar-refractivity contribution >= 4 is 5.95 Å². The molecule has 0 atom stereocenters. The van der Waals surface area contributed by atoms with Crippen molar-refractivity contribution in [3.8, 4) is 6.07 Å². The molecule has 15 heavy (non-hydrogen) atoms. The smallest absolute Gasteiger partial charge is 0.227 e. The minimum Gasteiger partial charge on any atom is -0.386 e. The van der Waals surface area contributed by atoms with E-state index in [2.05, 4.69) is 9.97 Å². The Labute approximate surface area is 88.0 Å². The SMILES string of the molecule is Cc1cc(C#N)nc(N2CC(C)(O)C2)n1. The summed E-state index contributed by atoms with van der Waals surface area (Å²) in [5, 5.41) is 18.3. The van der Waals surface area contributed by atoms with Crippen LogP contribution in [0.4, 0.5) is 5.95 Å². The standard InChI is InChI=1S/C10H12N4O/c1-7-3-8(4-11)13-9(12-7)14-5-10(2,15)6-14/h3,15H,5-6H2,1-2H3. The molecule has 1 aliphatic rings. The maximum atomic E-state index is 9.58. The molecule has 0 aliphatic carbocycles. The minimum atomic E-state index is -0.653. The van der Waals surface area contributed by atoms with E-state index in [0.717, 1.165) is 5.69 Å². The Kier molecular flexibility index (Phi) is 2.09. The topological polar surface area (TPSA) is 73.0 Å². The average Bonchev–Trinajstić information content (AvgIpc) is 2.13. The molecule has 0 radical (unpaired) electrons. The molecule has 0 bridgehead atoms. The van der Waals surface area contributed by atoms with Gasteiger partial charge in [0, 0.05) is 5.69 Å². The van der Waals surface area contributed by atoms with E-state index in [1.165, 1.54) is 0 Å². The van der Waals surface area contributed by atoms with Crippen LogP contribution in [-0.2, 0) is 0 Å². The lowest BCUT2D eigenvalue weighted by Crippen LogP contribution is -2.60. The number of aliphatic hydroxyl groups is 1. The van der Waals surface area contributed by atoms with Crippen LogP contribution in [0, 0.1) is 18.3 Å². The van der Waals surface area contributed by atoms with Gasteiger partial charge in [-0.3, -0.25) is 0 Å². The van der Waals surface area contributed by atoms with E-state index in [4.69, 9.17) is 5.26 Å². The average molecular weight is 204 g/mol. The van der Waals surface area contributed by atoms with Crippen molar-refractivity contribution in [2.75, 3.05) is 18.0 Å². The zero-order chi connectivity index (χ0) is 11.1. The number of aromatic nitrogens is 2. The number of nitrogens with zero attached hydrogens (tertiary/aromatic N) is 4. The fourth-order valence-electron chi connectivity index (χ4n) is 1.67. The Bertz CT molecular complexity index is 428. The molecular formula is C10H12N4O. The number of rotatable bonds is 1. The summed E-state index contributed by atoms with van der Waals surface area (Å²) >= 11 is 0. The Morgan fingerprint density at radius 3 is 2.73 bits per heavy atom. The van der Waals surface area contributed by atoms with Crippen LogP contribution in [0.25, 0.3) is 0 Å². The highest BCUT2D eigenvalue weighted by molar-refractivity contribution is 5.40. The number of hydrogen-bond acceptors (Lipinski definition) is 5. The first-order chi connectivity index (χ1) is 7.00. The van der Waals surface area contributed by atoms with Crippen molar-refractivity contribution in [2.45, 2.75) is 19.4 Å². The van der Waals surface area contributed by atoms with Crippen molar-refractivity contribution in [1.29, 1.82) is 5.26 Å². The van der Waals surface area contributed by atoms with E-state index in [1.807, 2.05) is 17.9 Å². The van der Waals surface area contributed by atoms with E-state index < -0.39 is 5.60 Å². The highest BCUT2D eigenvalue weighted by Gasteiger charge is 2.38. The summed E-state index contributed by atoms with van der Waals surface area (Å²) in [6.45, 7) is 4.62. The Balaban J connectivity index is 2.24. The Morgan fingerprint density at radius 2 is 2.20 bits per heavy atom. The van der Waals surface area contributed by atoms with E-state index in [9.17, 15) is 5.11 Å². The molecule has 78 valence electrons. The Hall–Kier alpha value is -1.67. The van der Waals surface area contributed by atoms with Crippen LogP contribution in [0.5, 0.6) is 0 Å². The van der Waals surface area contributed by atoms with Gasteiger partial charge < -0.3 is 10.0 Å². The summed E-state index contributed by atoms with van der Waals surface area (Å²) < 4.78 is 0. The van der Waals surface area contributed by atoms with Gasteiger partial charge in [-0.05, 0) is 19.9 Å². The van der Waals surface area contributed by atoms with Crippen LogP contribution in [0.3, 0.4) is 0 Å². The minimum absolute atomic E-state index is 0.365. The van der Waals surface area contributed by atoms with Gasteiger partial charge in [-0.1, -0.05) is 0 Å². The van der Waals surface area contributed by atoms with Crippen molar-refractivity contribution < 1.29 is 5.11 Å². The maximum Gasteiger partial charge on any atom is 0.227 e. The molecule has 1 saturated heterocycles. The summed E-state index contributed by atoms with van der Waals surface area (Å²) in [5.41, 5.74) is 0.479. The molecule has 1 aliphatic heterocycles. The zero-order valence-corrected chi connectivity index (χ0v) is 8.73. The highest BCUT2D eigenvalue weighted by atomic mass is 16.3. The van der Waals surface area contributed by atoms with E-state index >= 15 is 0 Å². The molecule has 0 saturated carbocycles. The first-order valence-corrected chi connectivity index (χ1v) is 4.73. The predicted octanol–water partition coefficient (Wildman–Crippen LogP) is 0.228. The molecule has 0 aromatic carbocycles. The third-order valence-corrected chi connectivity index (χ3v) is 2.30. The molecule has 5 nitrogen and oxygen atoms in total.